The molecule has 1 rings (SSSR count). The van der Waals surface area contributed by atoms with Crippen molar-refractivity contribution in [2.24, 2.45) is 0 Å². The first kappa shape index (κ1) is 15.8. The van der Waals surface area contributed by atoms with Gasteiger partial charge in [0, 0.05) is 5.56 Å². The highest BCUT2D eigenvalue weighted by Crippen LogP contribution is 2.53. The van der Waals surface area contributed by atoms with Crippen LogP contribution < -0.4 is 0 Å². The average molecular weight is 288 g/mol. The van der Waals surface area contributed by atoms with Gasteiger partial charge in [0.15, 0.2) is 0 Å². The molecule has 0 saturated heterocycles. The molecule has 1 aromatic carbocycles. The van der Waals surface area contributed by atoms with Crippen LogP contribution in [0.4, 0.5) is 30.7 Å². The predicted octanol–water partition coefficient (Wildman–Crippen LogP) is 5.10. The van der Waals surface area contributed by atoms with Crippen molar-refractivity contribution in [1.29, 1.82) is 0 Å². The van der Waals surface area contributed by atoms with Crippen molar-refractivity contribution in [3.05, 3.63) is 35.4 Å². The molecule has 19 heavy (non-hydrogen) atoms. The summed E-state index contributed by atoms with van der Waals surface area (Å²) in [5.74, 6) is -0.314. The van der Waals surface area contributed by atoms with Gasteiger partial charge < -0.3 is 0 Å². The summed E-state index contributed by atoms with van der Waals surface area (Å²) >= 11 is 0. The van der Waals surface area contributed by atoms with E-state index in [1.807, 2.05) is 0 Å². The lowest BCUT2D eigenvalue weighted by atomic mass is 9.90. The number of rotatable bonds is 2. The van der Waals surface area contributed by atoms with E-state index in [1.54, 1.807) is 13.8 Å². The summed E-state index contributed by atoms with van der Waals surface area (Å²) in [6, 6.07) is 3.43. The fraction of sp³-hybridized carbons (Fsp3) is 0.500. The van der Waals surface area contributed by atoms with E-state index in [-0.39, 0.29) is 11.5 Å². The van der Waals surface area contributed by atoms with Gasteiger partial charge in [-0.2, -0.15) is 26.3 Å². The van der Waals surface area contributed by atoms with Gasteiger partial charge in [-0.1, -0.05) is 38.1 Å². The Morgan fingerprint density at radius 3 is 1.68 bits per heavy atom. The zero-order chi connectivity index (χ0) is 15.1. The minimum absolute atomic E-state index is 0.202. The fourth-order valence-corrected chi connectivity index (χ4v) is 1.60. The van der Waals surface area contributed by atoms with E-state index in [1.165, 1.54) is 6.07 Å². The van der Waals surface area contributed by atoms with E-state index >= 15 is 0 Å². The van der Waals surface area contributed by atoms with E-state index < -0.39 is 23.6 Å². The predicted molar refractivity (Wildman–Crippen MR) is 55.4 cm³/mol. The molecular weight excluding hydrogens is 277 g/mol. The van der Waals surface area contributed by atoms with Gasteiger partial charge in [0.1, 0.15) is 0 Å². The van der Waals surface area contributed by atoms with Crippen molar-refractivity contribution >= 4 is 0 Å². The summed E-state index contributed by atoms with van der Waals surface area (Å²) in [5, 5.41) is 0. The second kappa shape index (κ2) is 4.68. The molecule has 0 nitrogen and oxygen atoms in total. The third kappa shape index (κ3) is 2.69. The Labute approximate surface area is 105 Å². The lowest BCUT2D eigenvalue weighted by Gasteiger charge is -2.30. The summed E-state index contributed by atoms with van der Waals surface area (Å²) in [6.45, 7) is 3.17. The van der Waals surface area contributed by atoms with Gasteiger partial charge in [-0.25, -0.2) is 4.39 Å². The zero-order valence-electron chi connectivity index (χ0n) is 10.0. The molecule has 0 saturated carbocycles. The summed E-state index contributed by atoms with van der Waals surface area (Å²) in [5.41, 5.74) is -6.60. The van der Waals surface area contributed by atoms with Crippen LogP contribution in [0.5, 0.6) is 0 Å². The van der Waals surface area contributed by atoms with E-state index in [2.05, 4.69) is 0 Å². The number of hydrogen-bond donors (Lipinski definition) is 0. The molecule has 0 aromatic heterocycles. The van der Waals surface area contributed by atoms with Gasteiger partial charge in [-0.05, 0) is 11.5 Å². The third-order valence-electron chi connectivity index (χ3n) is 2.73. The Kier molecular flexibility index (Phi) is 3.89. The molecule has 0 fully saturated rings. The maximum atomic E-state index is 13.7. The second-order valence-corrected chi connectivity index (χ2v) is 4.43. The van der Waals surface area contributed by atoms with E-state index in [0.717, 1.165) is 6.07 Å². The normalized spacial score (nSPS) is 14.0. The van der Waals surface area contributed by atoms with E-state index in [4.69, 9.17) is 0 Å². The van der Waals surface area contributed by atoms with Gasteiger partial charge >= 0.3 is 18.0 Å². The zero-order valence-corrected chi connectivity index (χ0v) is 10.0. The summed E-state index contributed by atoms with van der Waals surface area (Å²) in [6.07, 6.45) is -12.1. The maximum absolute atomic E-state index is 13.7. The number of alkyl halides is 7. The number of benzene rings is 1. The molecule has 1 aromatic rings. The maximum Gasteiger partial charge on any atom is 0.435 e. The molecular formula is C12H11F7. The minimum atomic E-state index is -6.07. The van der Waals surface area contributed by atoms with Crippen molar-refractivity contribution in [3.63, 3.8) is 0 Å². The molecule has 0 atom stereocenters. The van der Waals surface area contributed by atoms with Gasteiger partial charge in [0.2, 0.25) is 0 Å². The number of hydrogen-bond acceptors (Lipinski definition) is 0. The van der Waals surface area contributed by atoms with Crippen LogP contribution in [0, 0.1) is 0 Å². The Morgan fingerprint density at radius 2 is 1.32 bits per heavy atom. The second-order valence-electron chi connectivity index (χ2n) is 4.43. The highest BCUT2D eigenvalue weighted by Gasteiger charge is 2.73. The average Bonchev–Trinajstić information content (AvgIpc) is 2.25. The minimum Gasteiger partial charge on any atom is -0.218 e. The highest BCUT2D eigenvalue weighted by atomic mass is 19.4. The summed E-state index contributed by atoms with van der Waals surface area (Å²) in [4.78, 5) is 0. The molecule has 0 N–H and O–H groups in total. The Hall–Kier alpha value is -1.27. The van der Waals surface area contributed by atoms with Crippen molar-refractivity contribution < 1.29 is 30.7 Å². The molecule has 0 bridgehead atoms. The first-order valence-electron chi connectivity index (χ1n) is 5.34. The molecule has 0 heterocycles. The van der Waals surface area contributed by atoms with E-state index in [0.29, 0.717) is 12.1 Å². The van der Waals surface area contributed by atoms with E-state index in [9.17, 15) is 30.7 Å². The van der Waals surface area contributed by atoms with Gasteiger partial charge in [0.25, 0.3) is 0 Å². The smallest absolute Gasteiger partial charge is 0.218 e. The van der Waals surface area contributed by atoms with Crippen LogP contribution in [-0.2, 0) is 5.67 Å². The molecule has 0 aliphatic rings. The molecule has 0 aliphatic heterocycles. The van der Waals surface area contributed by atoms with Gasteiger partial charge in [0.05, 0.1) is 0 Å². The molecule has 0 unspecified atom stereocenters. The standard InChI is InChI=1S/C12H11F7/c1-7(2)8-4-3-5-9(6-8)10(13,11(14,15)16)12(17,18)19/h3-7H,1-2H3. The number of halogens is 7. The first-order chi connectivity index (χ1) is 8.41. The monoisotopic (exact) mass is 288 g/mol. The van der Waals surface area contributed by atoms with Crippen LogP contribution in [0.15, 0.2) is 24.3 Å². The van der Waals surface area contributed by atoms with Gasteiger partial charge in [-0.15, -0.1) is 0 Å². The van der Waals surface area contributed by atoms with Crippen LogP contribution in [0.2, 0.25) is 0 Å². The molecule has 0 spiro atoms. The topological polar surface area (TPSA) is 0 Å². The molecule has 108 valence electrons. The highest BCUT2D eigenvalue weighted by molar-refractivity contribution is 5.32. The largest absolute Gasteiger partial charge is 0.435 e. The SMILES string of the molecule is CC(C)c1cccc(C(F)(C(F)(F)F)C(F)(F)F)c1. The molecule has 0 amide bonds. The van der Waals surface area contributed by atoms with Crippen LogP contribution in [-0.4, -0.2) is 12.4 Å². The van der Waals surface area contributed by atoms with Crippen molar-refractivity contribution in [2.75, 3.05) is 0 Å². The Balaban J connectivity index is 3.48. The van der Waals surface area contributed by atoms with Crippen LogP contribution in [0.3, 0.4) is 0 Å². The van der Waals surface area contributed by atoms with Crippen molar-refractivity contribution in [1.82, 2.24) is 0 Å². The Morgan fingerprint density at radius 1 is 0.842 bits per heavy atom. The Bertz CT molecular complexity index is 428. The van der Waals surface area contributed by atoms with Gasteiger partial charge in [-0.3, -0.25) is 0 Å². The quantitative estimate of drug-likeness (QED) is 0.664. The fourth-order valence-electron chi connectivity index (χ4n) is 1.60. The molecule has 7 heteroatoms. The first-order valence-corrected chi connectivity index (χ1v) is 5.34. The lowest BCUT2D eigenvalue weighted by Crippen LogP contribution is -2.50. The van der Waals surface area contributed by atoms with Crippen LogP contribution in [0.1, 0.15) is 30.9 Å². The van der Waals surface area contributed by atoms with Crippen LogP contribution in [0.25, 0.3) is 0 Å². The van der Waals surface area contributed by atoms with Crippen molar-refractivity contribution in [3.8, 4) is 0 Å². The summed E-state index contributed by atoms with van der Waals surface area (Å²) in [7, 11) is 0. The van der Waals surface area contributed by atoms with Crippen LogP contribution >= 0.6 is 0 Å². The molecule has 0 radical (unpaired) electrons. The molecule has 0 aliphatic carbocycles. The lowest BCUT2D eigenvalue weighted by molar-refractivity contribution is -0.348. The third-order valence-corrected chi connectivity index (χ3v) is 2.73. The van der Waals surface area contributed by atoms with Crippen molar-refractivity contribution in [2.45, 2.75) is 37.8 Å². The summed E-state index contributed by atoms with van der Waals surface area (Å²) < 4.78 is 88.9.